The predicted octanol–water partition coefficient (Wildman–Crippen LogP) is 2.37. The van der Waals surface area contributed by atoms with E-state index in [9.17, 15) is 4.79 Å². The Morgan fingerprint density at radius 3 is 2.92 bits per heavy atom. The number of likely N-dealkylation sites (tertiary alicyclic amines) is 1. The van der Waals surface area contributed by atoms with Gasteiger partial charge in [0, 0.05) is 32.8 Å². The van der Waals surface area contributed by atoms with Crippen LogP contribution in [0.3, 0.4) is 0 Å². The number of hydrogen-bond acceptors (Lipinski definition) is 4. The number of carbonyl (C=O) groups excluding carboxylic acids is 1. The number of hydrogen-bond donors (Lipinski definition) is 1. The molecule has 1 aromatic rings. The topological polar surface area (TPSA) is 44.8 Å². The van der Waals surface area contributed by atoms with E-state index >= 15 is 0 Å². The van der Waals surface area contributed by atoms with Gasteiger partial charge in [0.15, 0.2) is 0 Å². The third-order valence-corrected chi connectivity index (χ3v) is 5.60. The molecule has 136 valence electrons. The number of ether oxygens (including phenoxy) is 1. The number of carbonyl (C=O) groups is 1. The van der Waals surface area contributed by atoms with Gasteiger partial charge < -0.3 is 19.9 Å². The van der Waals surface area contributed by atoms with E-state index < -0.39 is 0 Å². The van der Waals surface area contributed by atoms with Crippen LogP contribution in [-0.2, 0) is 11.2 Å². The molecule has 1 atom stereocenters. The summed E-state index contributed by atoms with van der Waals surface area (Å²) < 4.78 is 6.04. The molecule has 1 amide bonds. The number of aryl methyl sites for hydroxylation is 1. The van der Waals surface area contributed by atoms with Gasteiger partial charge in [0.2, 0.25) is 0 Å². The van der Waals surface area contributed by atoms with Crippen molar-refractivity contribution in [1.29, 1.82) is 0 Å². The van der Waals surface area contributed by atoms with Crippen molar-refractivity contribution in [3.05, 3.63) is 29.3 Å². The van der Waals surface area contributed by atoms with Crippen molar-refractivity contribution in [3.8, 4) is 0 Å². The van der Waals surface area contributed by atoms with Crippen molar-refractivity contribution >= 4 is 11.6 Å². The van der Waals surface area contributed by atoms with E-state index in [0.717, 1.165) is 56.8 Å². The molecule has 5 heteroatoms. The molecule has 3 aliphatic heterocycles. The first-order chi connectivity index (χ1) is 12.3. The lowest BCUT2D eigenvalue weighted by atomic mass is 9.98. The van der Waals surface area contributed by atoms with Gasteiger partial charge in [0.1, 0.15) is 0 Å². The first-order valence-electron chi connectivity index (χ1n) is 9.80. The highest BCUT2D eigenvalue weighted by Crippen LogP contribution is 2.27. The van der Waals surface area contributed by atoms with Gasteiger partial charge in [-0.25, -0.2) is 0 Å². The molecule has 0 spiro atoms. The number of amides is 1. The molecule has 0 saturated carbocycles. The molecule has 0 aliphatic carbocycles. The molecule has 1 N–H and O–H groups in total. The number of benzene rings is 1. The molecule has 1 unspecified atom stereocenters. The molecule has 0 radical (unpaired) electrons. The number of rotatable bonds is 3. The predicted molar refractivity (Wildman–Crippen MR) is 99.2 cm³/mol. The third-order valence-electron chi connectivity index (χ3n) is 5.60. The van der Waals surface area contributed by atoms with Crippen LogP contribution >= 0.6 is 0 Å². The van der Waals surface area contributed by atoms with E-state index in [0.29, 0.717) is 6.54 Å². The van der Waals surface area contributed by atoms with Crippen LogP contribution in [0.1, 0.15) is 41.6 Å². The van der Waals surface area contributed by atoms with E-state index in [-0.39, 0.29) is 12.0 Å². The summed E-state index contributed by atoms with van der Waals surface area (Å²) in [5.41, 5.74) is 3.16. The summed E-state index contributed by atoms with van der Waals surface area (Å²) in [7, 11) is 0. The summed E-state index contributed by atoms with van der Waals surface area (Å²) in [6.45, 7) is 6.51. The summed E-state index contributed by atoms with van der Waals surface area (Å²) in [5.74, 6) is 0.156. The Bertz CT molecular complexity index is 613. The molecule has 0 bridgehead atoms. The zero-order valence-electron chi connectivity index (χ0n) is 15.0. The van der Waals surface area contributed by atoms with Gasteiger partial charge in [-0.3, -0.25) is 4.79 Å². The summed E-state index contributed by atoms with van der Waals surface area (Å²) in [6, 6.07) is 6.13. The van der Waals surface area contributed by atoms with Crippen LogP contribution in [0.15, 0.2) is 18.2 Å². The van der Waals surface area contributed by atoms with Gasteiger partial charge in [0.25, 0.3) is 5.91 Å². The van der Waals surface area contributed by atoms with Crippen molar-refractivity contribution in [3.63, 3.8) is 0 Å². The standard InChI is InChI=1S/C20H29N3O2/c24-20(18-8-3-6-16-7-4-9-21-19(16)18)23-12-5-13-25-17(15-23)14-22-10-1-2-11-22/h3,6,8,17,21H,1-2,4-5,7,9-15H2. The maximum absolute atomic E-state index is 13.2. The SMILES string of the molecule is O=C(c1cccc2c1NCCC2)N1CCCOC(CN2CCCC2)C1. The second-order valence-electron chi connectivity index (χ2n) is 7.48. The Morgan fingerprint density at radius 1 is 1.16 bits per heavy atom. The molecular weight excluding hydrogens is 314 g/mol. The van der Waals surface area contributed by atoms with Crippen LogP contribution in [0.25, 0.3) is 0 Å². The summed E-state index contributed by atoms with van der Waals surface area (Å²) in [5, 5.41) is 3.45. The van der Waals surface area contributed by atoms with E-state index in [2.05, 4.69) is 16.3 Å². The Morgan fingerprint density at radius 2 is 2.04 bits per heavy atom. The normalized spacial score (nSPS) is 24.5. The second-order valence-corrected chi connectivity index (χ2v) is 7.48. The van der Waals surface area contributed by atoms with Crippen LogP contribution in [0.2, 0.25) is 0 Å². The zero-order chi connectivity index (χ0) is 17.1. The fraction of sp³-hybridized carbons (Fsp3) is 0.650. The summed E-state index contributed by atoms with van der Waals surface area (Å²) >= 11 is 0. The molecule has 3 aliphatic rings. The molecule has 4 rings (SSSR count). The lowest BCUT2D eigenvalue weighted by Gasteiger charge is -2.28. The van der Waals surface area contributed by atoms with Crippen LogP contribution in [0.4, 0.5) is 5.69 Å². The Kier molecular flexibility index (Phi) is 5.22. The fourth-order valence-corrected chi connectivity index (χ4v) is 4.30. The maximum atomic E-state index is 13.2. The molecule has 5 nitrogen and oxygen atoms in total. The maximum Gasteiger partial charge on any atom is 0.256 e. The zero-order valence-corrected chi connectivity index (χ0v) is 15.0. The van der Waals surface area contributed by atoms with Crippen molar-refractivity contribution in [2.75, 3.05) is 51.2 Å². The van der Waals surface area contributed by atoms with E-state index in [1.165, 1.54) is 31.5 Å². The number of anilines is 1. The highest BCUT2D eigenvalue weighted by atomic mass is 16.5. The number of fused-ring (bicyclic) bond motifs is 1. The molecule has 2 fully saturated rings. The Labute approximate surface area is 150 Å². The largest absolute Gasteiger partial charge is 0.384 e. The van der Waals surface area contributed by atoms with Crippen molar-refractivity contribution in [2.45, 2.75) is 38.2 Å². The molecule has 3 heterocycles. The van der Waals surface area contributed by atoms with Gasteiger partial charge in [-0.05, 0) is 56.8 Å². The van der Waals surface area contributed by atoms with Crippen LogP contribution in [0, 0.1) is 0 Å². The first kappa shape index (κ1) is 16.9. The van der Waals surface area contributed by atoms with Crippen molar-refractivity contribution < 1.29 is 9.53 Å². The highest BCUT2D eigenvalue weighted by molar-refractivity contribution is 6.00. The molecule has 0 aromatic heterocycles. The molecular formula is C20H29N3O2. The lowest BCUT2D eigenvalue weighted by molar-refractivity contribution is 0.0298. The smallest absolute Gasteiger partial charge is 0.256 e. The molecule has 25 heavy (non-hydrogen) atoms. The van der Waals surface area contributed by atoms with Gasteiger partial charge in [-0.1, -0.05) is 12.1 Å². The fourth-order valence-electron chi connectivity index (χ4n) is 4.30. The quantitative estimate of drug-likeness (QED) is 0.915. The minimum atomic E-state index is 0.136. The van der Waals surface area contributed by atoms with Gasteiger partial charge in [0.05, 0.1) is 17.4 Å². The number of nitrogens with zero attached hydrogens (tertiary/aromatic N) is 2. The van der Waals surface area contributed by atoms with Gasteiger partial charge in [-0.2, -0.15) is 0 Å². The minimum absolute atomic E-state index is 0.136. The van der Waals surface area contributed by atoms with E-state index in [1.807, 2.05) is 17.0 Å². The summed E-state index contributed by atoms with van der Waals surface area (Å²) in [6.07, 6.45) is 5.83. The van der Waals surface area contributed by atoms with Gasteiger partial charge >= 0.3 is 0 Å². The van der Waals surface area contributed by atoms with Crippen molar-refractivity contribution in [2.24, 2.45) is 0 Å². The summed E-state index contributed by atoms with van der Waals surface area (Å²) in [4.78, 5) is 17.7. The number of para-hydroxylation sites is 1. The van der Waals surface area contributed by atoms with E-state index in [4.69, 9.17) is 4.74 Å². The average Bonchev–Trinajstić information content (AvgIpc) is 3.04. The highest BCUT2D eigenvalue weighted by Gasteiger charge is 2.28. The monoisotopic (exact) mass is 343 g/mol. The Balaban J connectivity index is 1.48. The Hall–Kier alpha value is -1.59. The third kappa shape index (κ3) is 3.82. The first-order valence-corrected chi connectivity index (χ1v) is 9.80. The molecule has 1 aromatic carbocycles. The van der Waals surface area contributed by atoms with Crippen LogP contribution in [-0.4, -0.2) is 67.7 Å². The van der Waals surface area contributed by atoms with Crippen LogP contribution < -0.4 is 5.32 Å². The lowest BCUT2D eigenvalue weighted by Crippen LogP contribution is -2.42. The average molecular weight is 343 g/mol. The number of nitrogens with one attached hydrogen (secondary N) is 1. The van der Waals surface area contributed by atoms with Crippen molar-refractivity contribution in [1.82, 2.24) is 9.80 Å². The molecule has 2 saturated heterocycles. The van der Waals surface area contributed by atoms with Crippen LogP contribution in [0.5, 0.6) is 0 Å². The van der Waals surface area contributed by atoms with E-state index in [1.54, 1.807) is 0 Å². The minimum Gasteiger partial charge on any atom is -0.384 e. The van der Waals surface area contributed by atoms with Gasteiger partial charge in [-0.15, -0.1) is 0 Å². The second kappa shape index (κ2) is 7.75.